The Hall–Kier alpha value is -1.40. The van der Waals surface area contributed by atoms with Gasteiger partial charge in [0.1, 0.15) is 6.33 Å². The monoisotopic (exact) mass is 283 g/mol. The minimum Gasteiger partial charge on any atom is -0.481 e. The first-order valence-electron chi connectivity index (χ1n) is 6.68. The molecule has 0 radical (unpaired) electrons. The zero-order valence-corrected chi connectivity index (χ0v) is 12.9. The lowest BCUT2D eigenvalue weighted by Gasteiger charge is -2.22. The molecule has 0 bridgehead atoms. The van der Waals surface area contributed by atoms with E-state index in [9.17, 15) is 5.11 Å². The Morgan fingerprint density at radius 1 is 1.20 bits per heavy atom. The van der Waals surface area contributed by atoms with Crippen LogP contribution in [-0.4, -0.2) is 41.9 Å². The maximum absolute atomic E-state index is 9.96. The number of aliphatic hydroxyl groups is 1. The number of nitrogens with one attached hydrogen (secondary N) is 1. The largest absolute Gasteiger partial charge is 0.481 e. The average Bonchev–Trinajstić information content (AvgIpc) is 2.36. The van der Waals surface area contributed by atoms with Crippen LogP contribution < -0.4 is 14.8 Å². The zero-order chi connectivity index (χ0) is 15.2. The van der Waals surface area contributed by atoms with Gasteiger partial charge in [-0.25, -0.2) is 9.97 Å². The van der Waals surface area contributed by atoms with E-state index in [1.807, 2.05) is 0 Å². The number of hydrogen-bond donors (Lipinski definition) is 2. The van der Waals surface area contributed by atoms with Crippen molar-refractivity contribution in [3.05, 3.63) is 11.9 Å². The van der Waals surface area contributed by atoms with Gasteiger partial charge < -0.3 is 19.9 Å². The first kappa shape index (κ1) is 16.7. The molecule has 0 aliphatic carbocycles. The molecule has 1 unspecified atom stereocenters. The summed E-state index contributed by atoms with van der Waals surface area (Å²) < 4.78 is 10.4. The lowest BCUT2D eigenvalue weighted by Crippen LogP contribution is -2.30. The van der Waals surface area contributed by atoms with Crippen molar-refractivity contribution in [3.63, 3.8) is 0 Å². The molecule has 2 N–H and O–H groups in total. The van der Waals surface area contributed by atoms with Crippen LogP contribution in [-0.2, 0) is 6.54 Å². The second kappa shape index (κ2) is 7.40. The van der Waals surface area contributed by atoms with Gasteiger partial charge in [-0.15, -0.1) is 0 Å². The van der Waals surface area contributed by atoms with Crippen molar-refractivity contribution in [2.24, 2.45) is 5.41 Å². The van der Waals surface area contributed by atoms with Crippen molar-refractivity contribution in [1.29, 1.82) is 0 Å². The van der Waals surface area contributed by atoms with Crippen LogP contribution in [0.3, 0.4) is 0 Å². The van der Waals surface area contributed by atoms with E-state index in [2.05, 4.69) is 36.1 Å². The van der Waals surface area contributed by atoms with Gasteiger partial charge in [0.05, 0.1) is 25.9 Å². The lowest BCUT2D eigenvalue weighted by atomic mass is 9.89. The van der Waals surface area contributed by atoms with E-state index >= 15 is 0 Å². The molecule has 0 saturated carbocycles. The number of hydrogen-bond acceptors (Lipinski definition) is 6. The van der Waals surface area contributed by atoms with Crippen molar-refractivity contribution < 1.29 is 14.6 Å². The van der Waals surface area contributed by atoms with Crippen molar-refractivity contribution >= 4 is 0 Å². The molecule has 1 aromatic rings. The van der Waals surface area contributed by atoms with Gasteiger partial charge in [-0.3, -0.25) is 0 Å². The standard InChI is InChI=1S/C14H25N3O3/c1-14(2,3)6-10(18)7-15-8-11-12(19-4)16-9-17-13(11)20-5/h9-10,15,18H,6-8H2,1-5H3. The Morgan fingerprint density at radius 3 is 2.20 bits per heavy atom. The van der Waals surface area contributed by atoms with Gasteiger partial charge in [-0.2, -0.15) is 0 Å². The highest BCUT2D eigenvalue weighted by Crippen LogP contribution is 2.23. The van der Waals surface area contributed by atoms with E-state index in [4.69, 9.17) is 9.47 Å². The van der Waals surface area contributed by atoms with Crippen LogP contribution in [0.2, 0.25) is 0 Å². The Morgan fingerprint density at radius 2 is 1.75 bits per heavy atom. The molecule has 0 aromatic carbocycles. The average molecular weight is 283 g/mol. The maximum atomic E-state index is 9.96. The molecule has 0 fully saturated rings. The summed E-state index contributed by atoms with van der Waals surface area (Å²) in [5.74, 6) is 0.962. The third-order valence-corrected chi connectivity index (χ3v) is 2.78. The van der Waals surface area contributed by atoms with Gasteiger partial charge in [0.2, 0.25) is 11.8 Å². The summed E-state index contributed by atoms with van der Waals surface area (Å²) in [7, 11) is 3.11. The quantitative estimate of drug-likeness (QED) is 0.787. The van der Waals surface area contributed by atoms with Gasteiger partial charge in [0, 0.05) is 13.1 Å². The molecule has 0 spiro atoms. The summed E-state index contributed by atoms with van der Waals surface area (Å²) in [4.78, 5) is 8.09. The third kappa shape index (κ3) is 5.30. The van der Waals surface area contributed by atoms with Crippen molar-refractivity contribution in [2.75, 3.05) is 20.8 Å². The minimum atomic E-state index is -0.392. The topological polar surface area (TPSA) is 76.5 Å². The van der Waals surface area contributed by atoms with Crippen LogP contribution in [0.4, 0.5) is 0 Å². The van der Waals surface area contributed by atoms with Gasteiger partial charge in [-0.05, 0) is 11.8 Å². The van der Waals surface area contributed by atoms with Gasteiger partial charge in [-0.1, -0.05) is 20.8 Å². The second-order valence-corrected chi connectivity index (χ2v) is 5.92. The molecular formula is C14H25N3O3. The van der Waals surface area contributed by atoms with Crippen LogP contribution in [0.1, 0.15) is 32.8 Å². The van der Waals surface area contributed by atoms with E-state index in [-0.39, 0.29) is 5.41 Å². The Kier molecular flexibility index (Phi) is 6.16. The molecule has 6 heteroatoms. The molecule has 0 aliphatic heterocycles. The molecule has 1 atom stereocenters. The second-order valence-electron chi connectivity index (χ2n) is 5.92. The van der Waals surface area contributed by atoms with Crippen LogP contribution >= 0.6 is 0 Å². The Labute approximate surface area is 120 Å². The first-order valence-corrected chi connectivity index (χ1v) is 6.68. The van der Waals surface area contributed by atoms with Gasteiger partial charge >= 0.3 is 0 Å². The fourth-order valence-corrected chi connectivity index (χ4v) is 2.03. The molecule has 1 heterocycles. The van der Waals surface area contributed by atoms with Crippen LogP contribution in [0.25, 0.3) is 0 Å². The smallest absolute Gasteiger partial charge is 0.224 e. The minimum absolute atomic E-state index is 0.104. The number of rotatable bonds is 7. The molecular weight excluding hydrogens is 258 g/mol. The van der Waals surface area contributed by atoms with E-state index in [1.165, 1.54) is 6.33 Å². The molecule has 114 valence electrons. The van der Waals surface area contributed by atoms with E-state index < -0.39 is 6.10 Å². The predicted molar refractivity (Wildman–Crippen MR) is 76.9 cm³/mol. The summed E-state index contributed by atoms with van der Waals surface area (Å²) in [6.45, 7) is 7.29. The summed E-state index contributed by atoms with van der Waals surface area (Å²) in [5.41, 5.74) is 0.854. The highest BCUT2D eigenvalue weighted by Gasteiger charge is 2.17. The molecule has 20 heavy (non-hydrogen) atoms. The fourth-order valence-electron chi connectivity index (χ4n) is 2.03. The van der Waals surface area contributed by atoms with Crippen molar-refractivity contribution in [3.8, 4) is 11.8 Å². The number of aromatic nitrogens is 2. The molecule has 1 aromatic heterocycles. The lowest BCUT2D eigenvalue weighted by molar-refractivity contribution is 0.119. The first-order chi connectivity index (χ1) is 9.37. The summed E-state index contributed by atoms with van der Waals surface area (Å²) in [6.07, 6.45) is 1.74. The predicted octanol–water partition coefficient (Wildman–Crippen LogP) is 1.38. The summed E-state index contributed by atoms with van der Waals surface area (Å²) in [5, 5.41) is 13.1. The van der Waals surface area contributed by atoms with Crippen molar-refractivity contribution in [1.82, 2.24) is 15.3 Å². The number of methoxy groups -OCH3 is 2. The molecule has 0 aliphatic rings. The number of ether oxygens (including phenoxy) is 2. The molecule has 0 saturated heterocycles. The SMILES string of the molecule is COc1ncnc(OC)c1CNCC(O)CC(C)(C)C. The molecule has 1 rings (SSSR count). The van der Waals surface area contributed by atoms with Crippen LogP contribution in [0.5, 0.6) is 11.8 Å². The fraction of sp³-hybridized carbons (Fsp3) is 0.714. The van der Waals surface area contributed by atoms with Crippen LogP contribution in [0.15, 0.2) is 6.33 Å². The van der Waals surface area contributed by atoms with Gasteiger partial charge in [0.25, 0.3) is 0 Å². The summed E-state index contributed by atoms with van der Waals surface area (Å²) >= 11 is 0. The maximum Gasteiger partial charge on any atom is 0.224 e. The normalized spacial score (nSPS) is 13.1. The molecule has 0 amide bonds. The number of aliphatic hydroxyl groups excluding tert-OH is 1. The van der Waals surface area contributed by atoms with E-state index in [1.54, 1.807) is 14.2 Å². The third-order valence-electron chi connectivity index (χ3n) is 2.78. The Bertz CT molecular complexity index is 396. The van der Waals surface area contributed by atoms with E-state index in [0.29, 0.717) is 24.8 Å². The van der Waals surface area contributed by atoms with Crippen molar-refractivity contribution in [2.45, 2.75) is 39.8 Å². The van der Waals surface area contributed by atoms with Crippen LogP contribution in [0, 0.1) is 5.41 Å². The van der Waals surface area contributed by atoms with E-state index in [0.717, 1.165) is 12.0 Å². The summed E-state index contributed by atoms with van der Waals surface area (Å²) in [6, 6.07) is 0. The molecule has 6 nitrogen and oxygen atoms in total. The zero-order valence-electron chi connectivity index (χ0n) is 12.9. The highest BCUT2D eigenvalue weighted by atomic mass is 16.5. The van der Waals surface area contributed by atoms with Gasteiger partial charge in [0.15, 0.2) is 0 Å². The number of nitrogens with zero attached hydrogens (tertiary/aromatic N) is 2. The Balaban J connectivity index is 2.57. The highest BCUT2D eigenvalue weighted by molar-refractivity contribution is 5.34.